The molecule has 0 fully saturated rings. The van der Waals surface area contributed by atoms with Gasteiger partial charge in [-0.25, -0.2) is 0 Å². The van der Waals surface area contributed by atoms with Crippen LogP contribution in [0.4, 0.5) is 0 Å². The lowest BCUT2D eigenvalue weighted by atomic mass is 10.0. The molecule has 0 saturated carbocycles. The summed E-state index contributed by atoms with van der Waals surface area (Å²) in [7, 11) is 1.80. The van der Waals surface area contributed by atoms with Crippen LogP contribution < -0.4 is 5.73 Å². The van der Waals surface area contributed by atoms with Gasteiger partial charge in [0.2, 0.25) is 0 Å². The third kappa shape index (κ3) is 3.55. The second-order valence-corrected chi connectivity index (χ2v) is 5.65. The van der Waals surface area contributed by atoms with Crippen LogP contribution in [-0.2, 0) is 0 Å². The first kappa shape index (κ1) is 15.4. The van der Waals surface area contributed by atoms with E-state index in [1.54, 1.807) is 30.4 Å². The summed E-state index contributed by atoms with van der Waals surface area (Å²) in [4.78, 5) is 22.8. The van der Waals surface area contributed by atoms with Crippen LogP contribution in [0.15, 0.2) is 30.6 Å². The van der Waals surface area contributed by atoms with Crippen molar-refractivity contribution in [3.63, 3.8) is 0 Å². The molecule has 0 aliphatic carbocycles. The second kappa shape index (κ2) is 6.63. The van der Waals surface area contributed by atoms with Crippen LogP contribution in [-0.4, -0.2) is 40.4 Å². The average Bonchev–Trinajstić information content (AvgIpc) is 2.50. The molecule has 0 aliphatic heterocycles. The molecule has 2 N–H and O–H groups in total. The van der Waals surface area contributed by atoms with E-state index in [1.807, 2.05) is 12.1 Å². The predicted molar refractivity (Wildman–Crippen MR) is 83.9 cm³/mol. The van der Waals surface area contributed by atoms with Gasteiger partial charge < -0.3 is 10.6 Å². The highest BCUT2D eigenvalue weighted by Crippen LogP contribution is 2.16. The summed E-state index contributed by atoms with van der Waals surface area (Å²) in [6.07, 6.45) is 4.02. The molecule has 1 unspecified atom stereocenters. The number of amides is 1. The maximum absolute atomic E-state index is 12.6. The van der Waals surface area contributed by atoms with Crippen molar-refractivity contribution in [1.82, 2.24) is 14.9 Å². The number of benzene rings is 1. The number of para-hydroxylation sites is 1. The summed E-state index contributed by atoms with van der Waals surface area (Å²) in [6, 6.07) is 5.58. The molecule has 1 heterocycles. The Morgan fingerprint density at radius 1 is 1.29 bits per heavy atom. The monoisotopic (exact) mass is 286 g/mol. The number of fused-ring (bicyclic) bond motifs is 1. The molecule has 1 aromatic carbocycles. The van der Waals surface area contributed by atoms with E-state index in [0.29, 0.717) is 23.5 Å². The maximum atomic E-state index is 12.6. The Balaban J connectivity index is 2.15. The van der Waals surface area contributed by atoms with Crippen molar-refractivity contribution in [3.05, 3.63) is 36.2 Å². The molecule has 0 saturated heterocycles. The Kier molecular flexibility index (Phi) is 4.85. The summed E-state index contributed by atoms with van der Waals surface area (Å²) in [5.74, 6) is 0.369. The molecular weight excluding hydrogens is 264 g/mol. The van der Waals surface area contributed by atoms with E-state index < -0.39 is 0 Å². The summed E-state index contributed by atoms with van der Waals surface area (Å²) in [6.45, 7) is 4.81. The minimum absolute atomic E-state index is 0.0444. The van der Waals surface area contributed by atoms with E-state index in [9.17, 15) is 4.79 Å². The van der Waals surface area contributed by atoms with Gasteiger partial charge in [0, 0.05) is 32.0 Å². The van der Waals surface area contributed by atoms with Gasteiger partial charge in [0.05, 0.1) is 11.1 Å². The number of hydrogen-bond donors (Lipinski definition) is 1. The Morgan fingerprint density at radius 2 is 2.00 bits per heavy atom. The number of rotatable bonds is 5. The average molecular weight is 286 g/mol. The molecule has 1 amide bonds. The first-order valence-corrected chi connectivity index (χ1v) is 7.21. The number of hydrogen-bond acceptors (Lipinski definition) is 4. The van der Waals surface area contributed by atoms with Crippen LogP contribution >= 0.6 is 0 Å². The number of carbonyl (C=O) groups is 1. The van der Waals surface area contributed by atoms with Crippen LogP contribution in [0.2, 0.25) is 0 Å². The summed E-state index contributed by atoms with van der Waals surface area (Å²) in [5.41, 5.74) is 7.99. The largest absolute Gasteiger partial charge is 0.342 e. The van der Waals surface area contributed by atoms with Crippen LogP contribution in [0.1, 0.15) is 30.6 Å². The first-order chi connectivity index (χ1) is 10.0. The molecule has 2 rings (SSSR count). The molecule has 2 aromatic rings. The van der Waals surface area contributed by atoms with E-state index in [4.69, 9.17) is 5.73 Å². The Labute approximate surface area is 125 Å². The zero-order chi connectivity index (χ0) is 15.4. The summed E-state index contributed by atoms with van der Waals surface area (Å²) < 4.78 is 0. The minimum Gasteiger partial charge on any atom is -0.342 e. The Bertz CT molecular complexity index is 621. The molecule has 0 radical (unpaired) electrons. The van der Waals surface area contributed by atoms with Crippen molar-refractivity contribution in [2.75, 3.05) is 13.6 Å². The quantitative estimate of drug-likeness (QED) is 0.913. The van der Waals surface area contributed by atoms with Crippen molar-refractivity contribution in [1.29, 1.82) is 0 Å². The molecule has 5 nitrogen and oxygen atoms in total. The highest BCUT2D eigenvalue weighted by molar-refractivity contribution is 6.04. The molecule has 112 valence electrons. The lowest BCUT2D eigenvalue weighted by molar-refractivity contribution is 0.0791. The third-order valence-corrected chi connectivity index (χ3v) is 3.73. The van der Waals surface area contributed by atoms with Crippen molar-refractivity contribution < 1.29 is 4.79 Å². The molecule has 1 atom stereocenters. The van der Waals surface area contributed by atoms with Gasteiger partial charge in [-0.3, -0.25) is 14.8 Å². The highest BCUT2D eigenvalue weighted by atomic mass is 16.2. The highest BCUT2D eigenvalue weighted by Gasteiger charge is 2.17. The summed E-state index contributed by atoms with van der Waals surface area (Å²) >= 11 is 0. The number of nitrogens with zero attached hydrogens (tertiary/aromatic N) is 3. The van der Waals surface area contributed by atoms with Crippen molar-refractivity contribution in [3.8, 4) is 0 Å². The van der Waals surface area contributed by atoms with Crippen molar-refractivity contribution >= 4 is 16.9 Å². The van der Waals surface area contributed by atoms with Gasteiger partial charge in [0.25, 0.3) is 5.91 Å². The molecule has 0 aliphatic rings. The molecule has 0 bridgehead atoms. The van der Waals surface area contributed by atoms with Gasteiger partial charge in [-0.2, -0.15) is 0 Å². The SMILES string of the molecule is CC(C)C(N)CCN(C)C(=O)c1cccc2nccnc12. The molecule has 21 heavy (non-hydrogen) atoms. The zero-order valence-electron chi connectivity index (χ0n) is 12.8. The number of nitrogens with two attached hydrogens (primary N) is 1. The second-order valence-electron chi connectivity index (χ2n) is 5.65. The Morgan fingerprint density at radius 3 is 2.71 bits per heavy atom. The van der Waals surface area contributed by atoms with Gasteiger partial charge in [0.1, 0.15) is 5.52 Å². The summed E-state index contributed by atoms with van der Waals surface area (Å²) in [5, 5.41) is 0. The fraction of sp³-hybridized carbons (Fsp3) is 0.438. The minimum atomic E-state index is -0.0444. The van der Waals surface area contributed by atoms with Crippen LogP contribution in [0.3, 0.4) is 0 Å². The fourth-order valence-electron chi connectivity index (χ4n) is 2.15. The van der Waals surface area contributed by atoms with Crippen LogP contribution in [0, 0.1) is 5.92 Å². The van der Waals surface area contributed by atoms with Crippen LogP contribution in [0.5, 0.6) is 0 Å². The number of aromatic nitrogens is 2. The smallest absolute Gasteiger partial charge is 0.255 e. The van der Waals surface area contributed by atoms with Gasteiger partial charge in [-0.1, -0.05) is 19.9 Å². The normalized spacial score (nSPS) is 12.6. The topological polar surface area (TPSA) is 72.1 Å². The molecule has 1 aromatic heterocycles. The van der Waals surface area contributed by atoms with E-state index in [-0.39, 0.29) is 11.9 Å². The van der Waals surface area contributed by atoms with Crippen molar-refractivity contribution in [2.45, 2.75) is 26.3 Å². The predicted octanol–water partition coefficient (Wildman–Crippen LogP) is 2.08. The van der Waals surface area contributed by atoms with E-state index in [1.165, 1.54) is 0 Å². The number of carbonyl (C=O) groups excluding carboxylic acids is 1. The third-order valence-electron chi connectivity index (χ3n) is 3.73. The van der Waals surface area contributed by atoms with Gasteiger partial charge in [-0.05, 0) is 24.5 Å². The van der Waals surface area contributed by atoms with E-state index in [2.05, 4.69) is 23.8 Å². The molecule has 0 spiro atoms. The van der Waals surface area contributed by atoms with E-state index >= 15 is 0 Å². The van der Waals surface area contributed by atoms with Gasteiger partial charge >= 0.3 is 0 Å². The van der Waals surface area contributed by atoms with Crippen LogP contribution in [0.25, 0.3) is 11.0 Å². The molecular formula is C16H22N4O. The van der Waals surface area contributed by atoms with Crippen molar-refractivity contribution in [2.24, 2.45) is 11.7 Å². The fourth-order valence-corrected chi connectivity index (χ4v) is 2.15. The first-order valence-electron chi connectivity index (χ1n) is 7.21. The Hall–Kier alpha value is -2.01. The lowest BCUT2D eigenvalue weighted by Gasteiger charge is -2.21. The van der Waals surface area contributed by atoms with Gasteiger partial charge in [0.15, 0.2) is 0 Å². The standard InChI is InChI=1S/C16H22N4O/c1-11(2)13(17)7-10-20(3)16(21)12-5-4-6-14-15(12)19-9-8-18-14/h4-6,8-9,11,13H,7,10,17H2,1-3H3. The lowest BCUT2D eigenvalue weighted by Crippen LogP contribution is -2.34. The zero-order valence-corrected chi connectivity index (χ0v) is 12.8. The molecule has 5 heteroatoms. The van der Waals surface area contributed by atoms with E-state index in [0.717, 1.165) is 11.9 Å². The van der Waals surface area contributed by atoms with Gasteiger partial charge in [-0.15, -0.1) is 0 Å². The maximum Gasteiger partial charge on any atom is 0.255 e.